The van der Waals surface area contributed by atoms with Crippen molar-refractivity contribution >= 4 is 6.09 Å². The Kier molecular flexibility index (Phi) is 4.19. The highest BCUT2D eigenvalue weighted by Crippen LogP contribution is 2.35. The maximum absolute atomic E-state index is 12.5. The lowest BCUT2D eigenvalue weighted by molar-refractivity contribution is -0.102. The monoisotopic (exact) mass is 281 g/mol. The van der Waals surface area contributed by atoms with Gasteiger partial charge in [0.1, 0.15) is 5.60 Å². The Morgan fingerprint density at radius 3 is 2.26 bits per heavy atom. The molecule has 0 saturated carbocycles. The number of nitrogens with zero attached hydrogens (tertiary/aromatic N) is 1. The van der Waals surface area contributed by atoms with Gasteiger partial charge in [-0.15, -0.1) is 0 Å². The van der Waals surface area contributed by atoms with Gasteiger partial charge in [-0.2, -0.15) is 13.2 Å². The maximum atomic E-state index is 12.5. The van der Waals surface area contributed by atoms with Crippen molar-refractivity contribution in [2.45, 2.75) is 38.7 Å². The number of hydrogen-bond donors (Lipinski definition) is 1. The minimum Gasteiger partial charge on any atom is -0.444 e. The molecule has 7 heteroatoms. The highest BCUT2D eigenvalue weighted by Gasteiger charge is 2.45. The summed E-state index contributed by atoms with van der Waals surface area (Å²) in [6.07, 6.45) is -6.58. The van der Waals surface area contributed by atoms with Crippen LogP contribution in [-0.2, 0) is 4.74 Å². The molecule has 0 unspecified atom stereocenters. The molecule has 1 aliphatic rings. The average Bonchev–Trinajstić information content (AvgIpc) is 2.55. The van der Waals surface area contributed by atoms with Gasteiger partial charge < -0.3 is 14.7 Å². The Hall–Kier alpha value is -1.24. The summed E-state index contributed by atoms with van der Waals surface area (Å²) >= 11 is 0. The van der Waals surface area contributed by atoms with Crippen LogP contribution in [0.15, 0.2) is 12.2 Å². The van der Waals surface area contributed by atoms with Crippen LogP contribution in [0.25, 0.3) is 0 Å². The molecule has 1 N–H and O–H groups in total. The topological polar surface area (TPSA) is 49.8 Å². The van der Waals surface area contributed by atoms with E-state index in [2.05, 4.69) is 6.58 Å². The number of carbonyl (C=O) groups excluding carboxylic acids is 1. The predicted molar refractivity (Wildman–Crippen MR) is 62.5 cm³/mol. The third-order valence-electron chi connectivity index (χ3n) is 2.75. The van der Waals surface area contributed by atoms with Gasteiger partial charge in [0.25, 0.3) is 0 Å². The standard InChI is InChI=1S/C12H18F3NO3/c1-7(12(13,14)15)8-5-16(6-9(8)17)10(18)19-11(2,3)4/h8-9,17H,1,5-6H2,2-4H3/t8-,9+/m0/s1. The minimum atomic E-state index is -4.57. The molecule has 4 nitrogen and oxygen atoms in total. The van der Waals surface area contributed by atoms with Crippen molar-refractivity contribution in [1.82, 2.24) is 4.90 Å². The zero-order valence-corrected chi connectivity index (χ0v) is 11.1. The lowest BCUT2D eigenvalue weighted by Gasteiger charge is -2.24. The molecule has 0 bridgehead atoms. The van der Waals surface area contributed by atoms with Crippen molar-refractivity contribution in [1.29, 1.82) is 0 Å². The van der Waals surface area contributed by atoms with E-state index in [1.807, 2.05) is 0 Å². The van der Waals surface area contributed by atoms with E-state index in [0.29, 0.717) is 0 Å². The van der Waals surface area contributed by atoms with Gasteiger partial charge in [-0.1, -0.05) is 6.58 Å². The highest BCUT2D eigenvalue weighted by atomic mass is 19.4. The van der Waals surface area contributed by atoms with Crippen molar-refractivity contribution in [3.05, 3.63) is 12.2 Å². The SMILES string of the molecule is C=C([C@@H]1CN(C(=O)OC(C)(C)C)C[C@H]1O)C(F)(F)F. The molecular formula is C12H18F3NO3. The van der Waals surface area contributed by atoms with Crippen molar-refractivity contribution in [2.75, 3.05) is 13.1 Å². The number of alkyl halides is 3. The molecule has 0 aromatic heterocycles. The zero-order valence-electron chi connectivity index (χ0n) is 11.1. The minimum absolute atomic E-state index is 0.186. The van der Waals surface area contributed by atoms with E-state index in [9.17, 15) is 23.1 Å². The first-order valence-corrected chi connectivity index (χ1v) is 5.84. The molecular weight excluding hydrogens is 263 g/mol. The van der Waals surface area contributed by atoms with Gasteiger partial charge in [0.2, 0.25) is 0 Å². The van der Waals surface area contributed by atoms with E-state index in [-0.39, 0.29) is 13.1 Å². The summed E-state index contributed by atoms with van der Waals surface area (Å²) in [6, 6.07) is 0. The maximum Gasteiger partial charge on any atom is 0.412 e. The quantitative estimate of drug-likeness (QED) is 0.750. The first-order valence-electron chi connectivity index (χ1n) is 5.84. The third kappa shape index (κ3) is 4.12. The van der Waals surface area contributed by atoms with Crippen LogP contribution in [0.4, 0.5) is 18.0 Å². The zero-order chi connectivity index (χ0) is 15.0. The number of β-amino-alcohol motifs (C(OH)–C–C–N with tert-alkyl or cyclic N) is 1. The first kappa shape index (κ1) is 15.8. The van der Waals surface area contributed by atoms with E-state index in [0.717, 1.165) is 4.90 Å². The summed E-state index contributed by atoms with van der Waals surface area (Å²) in [6.45, 7) is 7.50. The Labute approximate surface area is 109 Å². The number of aliphatic hydroxyl groups excluding tert-OH is 1. The lowest BCUT2D eigenvalue weighted by Crippen LogP contribution is -2.36. The Morgan fingerprint density at radius 1 is 1.32 bits per heavy atom. The molecule has 1 saturated heterocycles. The molecule has 2 atom stereocenters. The Bertz CT molecular complexity index is 373. The van der Waals surface area contributed by atoms with Crippen molar-refractivity contribution in [3.63, 3.8) is 0 Å². The second kappa shape index (κ2) is 5.03. The van der Waals surface area contributed by atoms with E-state index < -0.39 is 35.5 Å². The number of hydrogen-bond acceptors (Lipinski definition) is 3. The fourth-order valence-corrected chi connectivity index (χ4v) is 1.81. The molecule has 1 fully saturated rings. The largest absolute Gasteiger partial charge is 0.444 e. The van der Waals surface area contributed by atoms with Crippen LogP contribution >= 0.6 is 0 Å². The summed E-state index contributed by atoms with van der Waals surface area (Å²) in [4.78, 5) is 12.8. The van der Waals surface area contributed by atoms with E-state index in [1.165, 1.54) is 0 Å². The summed E-state index contributed by atoms with van der Waals surface area (Å²) < 4.78 is 42.6. The molecule has 1 heterocycles. The van der Waals surface area contributed by atoms with Gasteiger partial charge in [0.05, 0.1) is 12.6 Å². The predicted octanol–water partition coefficient (Wildman–Crippen LogP) is 2.33. The van der Waals surface area contributed by atoms with Crippen molar-refractivity contribution in [2.24, 2.45) is 5.92 Å². The van der Waals surface area contributed by atoms with Gasteiger partial charge in [0, 0.05) is 18.0 Å². The molecule has 0 radical (unpaired) electrons. The van der Waals surface area contributed by atoms with Crippen LogP contribution in [0, 0.1) is 5.92 Å². The molecule has 0 spiro atoms. The third-order valence-corrected chi connectivity index (χ3v) is 2.75. The molecule has 1 rings (SSSR count). The van der Waals surface area contributed by atoms with E-state index in [1.54, 1.807) is 20.8 Å². The fraction of sp³-hybridized carbons (Fsp3) is 0.750. The normalized spacial score (nSPS) is 24.5. The fourth-order valence-electron chi connectivity index (χ4n) is 1.81. The average molecular weight is 281 g/mol. The van der Waals surface area contributed by atoms with E-state index in [4.69, 9.17) is 4.74 Å². The molecule has 0 aromatic rings. The van der Waals surface area contributed by atoms with E-state index >= 15 is 0 Å². The number of amides is 1. The first-order chi connectivity index (χ1) is 8.42. The van der Waals surface area contributed by atoms with Crippen LogP contribution in [0.3, 0.4) is 0 Å². The number of likely N-dealkylation sites (tertiary alicyclic amines) is 1. The van der Waals surface area contributed by atoms with Gasteiger partial charge in [-0.25, -0.2) is 4.79 Å². The molecule has 0 aliphatic carbocycles. The van der Waals surface area contributed by atoms with Gasteiger partial charge in [-0.05, 0) is 20.8 Å². The summed E-state index contributed by atoms with van der Waals surface area (Å²) in [7, 11) is 0. The molecule has 110 valence electrons. The molecule has 1 amide bonds. The van der Waals surface area contributed by atoms with Gasteiger partial charge >= 0.3 is 12.3 Å². The van der Waals surface area contributed by atoms with Crippen LogP contribution in [-0.4, -0.2) is 47.1 Å². The molecule has 0 aromatic carbocycles. The van der Waals surface area contributed by atoms with Crippen LogP contribution in [0.5, 0.6) is 0 Å². The smallest absolute Gasteiger partial charge is 0.412 e. The Balaban J connectivity index is 2.70. The van der Waals surface area contributed by atoms with Crippen LogP contribution in [0.1, 0.15) is 20.8 Å². The number of carbonyl (C=O) groups is 1. The highest BCUT2D eigenvalue weighted by molar-refractivity contribution is 5.68. The number of halogens is 3. The molecule has 1 aliphatic heterocycles. The van der Waals surface area contributed by atoms with Crippen molar-refractivity contribution in [3.8, 4) is 0 Å². The second-order valence-corrected chi connectivity index (χ2v) is 5.58. The van der Waals surface area contributed by atoms with Gasteiger partial charge in [-0.3, -0.25) is 0 Å². The van der Waals surface area contributed by atoms with Crippen LogP contribution < -0.4 is 0 Å². The lowest BCUT2D eigenvalue weighted by atomic mass is 9.97. The number of rotatable bonds is 1. The summed E-state index contributed by atoms with van der Waals surface area (Å²) in [5, 5.41) is 9.63. The summed E-state index contributed by atoms with van der Waals surface area (Å²) in [5.41, 5.74) is -1.76. The van der Waals surface area contributed by atoms with Crippen LogP contribution in [0.2, 0.25) is 0 Å². The number of aliphatic hydroxyl groups is 1. The van der Waals surface area contributed by atoms with Crippen molar-refractivity contribution < 1.29 is 27.8 Å². The second-order valence-electron chi connectivity index (χ2n) is 5.58. The number of ether oxygens (including phenoxy) is 1. The summed E-state index contributed by atoms with van der Waals surface area (Å²) in [5.74, 6) is -1.20. The molecule has 19 heavy (non-hydrogen) atoms. The Morgan fingerprint density at radius 2 is 1.84 bits per heavy atom. The van der Waals surface area contributed by atoms with Gasteiger partial charge in [0.15, 0.2) is 0 Å².